The molecule has 3 aliphatic rings. The number of aromatic nitrogens is 2. The minimum Gasteiger partial charge on any atom is -0.439 e. The number of pyridine rings is 1. The van der Waals surface area contributed by atoms with E-state index in [0.717, 1.165) is 24.6 Å². The molecule has 9 nitrogen and oxygen atoms in total. The first-order valence-electron chi connectivity index (χ1n) is 14.3. The minimum absolute atomic E-state index is 0.0771. The van der Waals surface area contributed by atoms with Gasteiger partial charge in [0.2, 0.25) is 11.8 Å². The number of oxazole rings is 1. The topological polar surface area (TPSA) is 129 Å². The number of sulfone groups is 1. The Balaban J connectivity index is 1.37. The number of nitrogens with one attached hydrogen (secondary N) is 1. The van der Waals surface area contributed by atoms with E-state index in [1.807, 2.05) is 29.2 Å². The van der Waals surface area contributed by atoms with Crippen molar-refractivity contribution in [3.63, 3.8) is 0 Å². The zero-order valence-corrected chi connectivity index (χ0v) is 24.0. The van der Waals surface area contributed by atoms with Crippen molar-refractivity contribution in [2.75, 3.05) is 29.5 Å². The molecule has 0 radical (unpaired) electrons. The molecule has 2 aliphatic carbocycles. The average molecular weight is 614 g/mol. The van der Waals surface area contributed by atoms with Gasteiger partial charge < -0.3 is 14.6 Å². The number of rotatable bonds is 6. The molecular weight excluding hydrogens is 583 g/mol. The quantitative estimate of drug-likeness (QED) is 0.407. The number of nitriles is 1. The van der Waals surface area contributed by atoms with Crippen molar-refractivity contribution in [2.24, 2.45) is 5.92 Å². The van der Waals surface area contributed by atoms with Crippen LogP contribution in [-0.2, 0) is 20.8 Å². The molecule has 0 spiro atoms. The maximum atomic E-state index is 13.4. The number of halogens is 3. The molecule has 2 aromatic heterocycles. The van der Waals surface area contributed by atoms with Crippen LogP contribution in [-0.4, -0.2) is 54.4 Å². The minimum atomic E-state index is -4.65. The van der Waals surface area contributed by atoms with E-state index in [9.17, 15) is 31.6 Å². The highest BCUT2D eigenvalue weighted by Gasteiger charge is 2.47. The molecule has 1 saturated heterocycles. The molecular formula is C30H30F3N5O4S. The first-order valence-corrected chi connectivity index (χ1v) is 16.1. The SMILES string of the molecule is N#CC1(NC(=O)C2CCCCC2c2oc(-c3cccc(C(F)(F)F)n3)nc2-c2ccc(N3CCS(=O)(=O)CC3)cc2)CC1. The van der Waals surface area contributed by atoms with Gasteiger partial charge in [-0.25, -0.2) is 18.4 Å². The summed E-state index contributed by atoms with van der Waals surface area (Å²) in [6, 6.07) is 13.0. The number of benzene rings is 1. The van der Waals surface area contributed by atoms with Crippen LogP contribution in [0.1, 0.15) is 55.9 Å². The molecule has 2 unspecified atom stereocenters. The average Bonchev–Trinajstić information content (AvgIpc) is 3.63. The predicted molar refractivity (Wildman–Crippen MR) is 151 cm³/mol. The first-order chi connectivity index (χ1) is 20.5. The Hall–Kier alpha value is -3.92. The van der Waals surface area contributed by atoms with Crippen molar-refractivity contribution >= 4 is 21.4 Å². The smallest absolute Gasteiger partial charge is 0.433 e. The van der Waals surface area contributed by atoms with Gasteiger partial charge in [-0.15, -0.1) is 0 Å². The third kappa shape index (κ3) is 6.11. The number of nitrogens with zero attached hydrogens (tertiary/aromatic N) is 4. The van der Waals surface area contributed by atoms with Gasteiger partial charge >= 0.3 is 6.18 Å². The summed E-state index contributed by atoms with van der Waals surface area (Å²) in [6.45, 7) is 0.761. The third-order valence-electron chi connectivity index (χ3n) is 8.53. The number of carbonyl (C=O) groups is 1. The van der Waals surface area contributed by atoms with Gasteiger partial charge in [-0.2, -0.15) is 18.4 Å². The van der Waals surface area contributed by atoms with E-state index in [-0.39, 0.29) is 29.0 Å². The van der Waals surface area contributed by atoms with Crippen molar-refractivity contribution < 1.29 is 30.8 Å². The van der Waals surface area contributed by atoms with Crippen LogP contribution in [0.2, 0.25) is 0 Å². The summed E-state index contributed by atoms with van der Waals surface area (Å²) < 4.78 is 70.3. The second kappa shape index (κ2) is 11.0. The Kier molecular flexibility index (Phi) is 7.44. The molecule has 1 aromatic carbocycles. The van der Waals surface area contributed by atoms with E-state index in [0.29, 0.717) is 55.8 Å². The lowest BCUT2D eigenvalue weighted by atomic mass is 9.76. The predicted octanol–water partition coefficient (Wildman–Crippen LogP) is 5.10. The molecule has 43 heavy (non-hydrogen) atoms. The number of anilines is 1. The molecule has 13 heteroatoms. The largest absolute Gasteiger partial charge is 0.439 e. The van der Waals surface area contributed by atoms with Gasteiger partial charge in [0.15, 0.2) is 9.84 Å². The fourth-order valence-electron chi connectivity index (χ4n) is 5.89. The maximum Gasteiger partial charge on any atom is 0.433 e. The molecule has 3 aromatic rings. The van der Waals surface area contributed by atoms with E-state index in [1.54, 1.807) is 0 Å². The van der Waals surface area contributed by atoms with Crippen molar-refractivity contribution in [1.82, 2.24) is 15.3 Å². The highest BCUT2D eigenvalue weighted by molar-refractivity contribution is 7.91. The van der Waals surface area contributed by atoms with Gasteiger partial charge in [0.1, 0.15) is 28.4 Å². The molecule has 2 saturated carbocycles. The molecule has 0 bridgehead atoms. The van der Waals surface area contributed by atoms with Crippen molar-refractivity contribution in [3.05, 3.63) is 53.9 Å². The number of hydrogen-bond acceptors (Lipinski definition) is 8. The normalized spacial score (nSPS) is 22.9. The van der Waals surface area contributed by atoms with Crippen LogP contribution < -0.4 is 10.2 Å². The first kappa shape index (κ1) is 29.2. The molecule has 2 atom stereocenters. The molecule has 1 N–H and O–H groups in total. The van der Waals surface area contributed by atoms with Gasteiger partial charge in [0, 0.05) is 36.2 Å². The summed E-state index contributed by atoms with van der Waals surface area (Å²) in [5.41, 5.74) is -0.0874. The van der Waals surface area contributed by atoms with E-state index in [1.165, 1.54) is 12.1 Å². The molecule has 1 amide bonds. The van der Waals surface area contributed by atoms with Crippen molar-refractivity contribution in [3.8, 4) is 28.9 Å². The van der Waals surface area contributed by atoms with E-state index >= 15 is 0 Å². The zero-order chi connectivity index (χ0) is 30.4. The maximum absolute atomic E-state index is 13.4. The van der Waals surface area contributed by atoms with Crippen LogP contribution >= 0.6 is 0 Å². The van der Waals surface area contributed by atoms with Gasteiger partial charge in [0.25, 0.3) is 0 Å². The second-order valence-corrected chi connectivity index (χ2v) is 13.8. The molecule has 1 aliphatic heterocycles. The van der Waals surface area contributed by atoms with Crippen LogP contribution in [0, 0.1) is 17.2 Å². The summed E-state index contributed by atoms with van der Waals surface area (Å²) in [6.07, 6.45) is -0.626. The molecule has 3 fully saturated rings. The number of hydrogen-bond donors (Lipinski definition) is 1. The summed E-state index contributed by atoms with van der Waals surface area (Å²) >= 11 is 0. The fraction of sp³-hybridized carbons (Fsp3) is 0.467. The highest BCUT2D eigenvalue weighted by atomic mass is 32.2. The highest BCUT2D eigenvalue weighted by Crippen LogP contribution is 2.45. The van der Waals surface area contributed by atoms with E-state index in [2.05, 4.69) is 21.4 Å². The van der Waals surface area contributed by atoms with E-state index in [4.69, 9.17) is 4.42 Å². The van der Waals surface area contributed by atoms with Crippen molar-refractivity contribution in [2.45, 2.75) is 56.2 Å². The van der Waals surface area contributed by atoms with Crippen LogP contribution in [0.3, 0.4) is 0 Å². The standard InChI is InChI=1S/C30H30F3N5O4S/c31-30(32,33)24-7-3-6-23(35-24)28-36-25(19-8-10-20(11-9-19)38-14-16-43(40,41)17-15-38)26(42-28)21-4-1-2-5-22(21)27(39)37-29(18-34)12-13-29/h3,6-11,21-22H,1-2,4-5,12-17H2,(H,37,39). The summed E-state index contributed by atoms with van der Waals surface area (Å²) in [5.74, 6) is -0.670. The fourth-order valence-corrected chi connectivity index (χ4v) is 7.09. The number of amides is 1. The van der Waals surface area contributed by atoms with Crippen LogP contribution in [0.15, 0.2) is 46.9 Å². The lowest BCUT2D eigenvalue weighted by Gasteiger charge is -2.30. The molecule has 226 valence electrons. The number of carbonyl (C=O) groups excluding carboxylic acids is 1. The Morgan fingerprint density at radius 3 is 2.40 bits per heavy atom. The Morgan fingerprint density at radius 2 is 1.74 bits per heavy atom. The molecule has 6 rings (SSSR count). The van der Waals surface area contributed by atoms with Gasteiger partial charge in [0.05, 0.1) is 17.6 Å². The second-order valence-electron chi connectivity index (χ2n) is 11.5. The van der Waals surface area contributed by atoms with Gasteiger partial charge in [-0.3, -0.25) is 4.79 Å². The van der Waals surface area contributed by atoms with Crippen LogP contribution in [0.25, 0.3) is 22.8 Å². The van der Waals surface area contributed by atoms with Gasteiger partial charge in [-0.05, 0) is 49.9 Å². The number of alkyl halides is 3. The van der Waals surface area contributed by atoms with Crippen LogP contribution in [0.5, 0.6) is 0 Å². The monoisotopic (exact) mass is 613 g/mol. The summed E-state index contributed by atoms with van der Waals surface area (Å²) in [4.78, 5) is 23.8. The lowest BCUT2D eigenvalue weighted by Crippen LogP contribution is -2.42. The Labute approximate surface area is 247 Å². The summed E-state index contributed by atoms with van der Waals surface area (Å²) in [5, 5.41) is 12.4. The Bertz CT molecular complexity index is 1660. The van der Waals surface area contributed by atoms with Gasteiger partial charge in [-0.1, -0.05) is 31.0 Å². The third-order valence-corrected chi connectivity index (χ3v) is 10.1. The molecule has 3 heterocycles. The van der Waals surface area contributed by atoms with E-state index < -0.39 is 39.1 Å². The summed E-state index contributed by atoms with van der Waals surface area (Å²) in [7, 11) is -3.04. The zero-order valence-electron chi connectivity index (χ0n) is 23.2. The Morgan fingerprint density at radius 1 is 1.05 bits per heavy atom. The van der Waals surface area contributed by atoms with Crippen molar-refractivity contribution in [1.29, 1.82) is 5.26 Å². The lowest BCUT2D eigenvalue weighted by molar-refractivity contribution is -0.141. The van der Waals surface area contributed by atoms with Crippen LogP contribution in [0.4, 0.5) is 18.9 Å².